The minimum Gasteiger partial charge on any atom is -0.859 e. The second-order valence-corrected chi connectivity index (χ2v) is 7.88. The molecule has 0 atom stereocenters. The zero-order valence-corrected chi connectivity index (χ0v) is 17.2. The smallest absolute Gasteiger partial charge is 0.411 e. The molecule has 3 N–H and O–H groups in total. The molecule has 27 heavy (non-hydrogen) atoms. The van der Waals surface area contributed by atoms with Crippen molar-refractivity contribution in [2.75, 3.05) is 13.1 Å². The summed E-state index contributed by atoms with van der Waals surface area (Å²) in [5.74, 6) is 1.84. The largest absolute Gasteiger partial charge is 0.859 e. The number of ether oxygens (including phenoxy) is 2. The van der Waals surface area contributed by atoms with Crippen molar-refractivity contribution in [2.24, 2.45) is 0 Å². The minimum atomic E-state index is -0.708. The van der Waals surface area contributed by atoms with Gasteiger partial charge in [-0.3, -0.25) is 5.32 Å². The van der Waals surface area contributed by atoms with Crippen molar-refractivity contribution in [1.82, 2.24) is 16.0 Å². The number of carbonyl (C=O) groups is 2. The molecule has 8 heteroatoms. The highest BCUT2D eigenvalue weighted by molar-refractivity contribution is 5.70. The van der Waals surface area contributed by atoms with E-state index in [4.69, 9.17) is 15.9 Å². The number of allylic oxidation sites excluding steroid dienone is 1. The fraction of sp³-hybridized carbons (Fsp3) is 0.684. The van der Waals surface area contributed by atoms with Crippen LogP contribution < -0.4 is 21.1 Å². The molecular weight excluding hydrogens is 350 g/mol. The Balaban J connectivity index is 4.55. The summed E-state index contributed by atoms with van der Waals surface area (Å²) in [6.07, 6.45) is 5.39. The Morgan fingerprint density at radius 3 is 2.04 bits per heavy atom. The number of hydrogen-bond donors (Lipinski definition) is 3. The van der Waals surface area contributed by atoms with Crippen molar-refractivity contribution in [3.8, 4) is 12.3 Å². The Labute approximate surface area is 162 Å². The van der Waals surface area contributed by atoms with Crippen molar-refractivity contribution in [3.63, 3.8) is 0 Å². The second-order valence-electron chi connectivity index (χ2n) is 7.88. The first-order chi connectivity index (χ1) is 12.3. The highest BCUT2D eigenvalue weighted by atomic mass is 16.6. The Bertz CT molecular complexity index is 565. The summed E-state index contributed by atoms with van der Waals surface area (Å²) in [6.45, 7) is 11.0. The van der Waals surface area contributed by atoms with Gasteiger partial charge in [-0.05, 0) is 66.7 Å². The van der Waals surface area contributed by atoms with E-state index in [1.54, 1.807) is 41.5 Å². The molecule has 0 fully saturated rings. The molecule has 0 aromatic heterocycles. The lowest BCUT2D eigenvalue weighted by molar-refractivity contribution is -0.313. The van der Waals surface area contributed by atoms with Gasteiger partial charge in [0.15, 0.2) is 0 Å². The van der Waals surface area contributed by atoms with E-state index in [1.165, 1.54) is 0 Å². The van der Waals surface area contributed by atoms with Gasteiger partial charge in [0.05, 0.1) is 6.54 Å². The maximum atomic E-state index is 12.1. The van der Waals surface area contributed by atoms with Crippen LogP contribution in [-0.2, 0) is 9.47 Å². The lowest BCUT2D eigenvalue weighted by atomic mass is 10.2. The molecule has 0 spiro atoms. The second kappa shape index (κ2) is 11.2. The molecule has 8 nitrogen and oxygen atoms in total. The average molecular weight is 382 g/mol. The Morgan fingerprint density at radius 2 is 1.52 bits per heavy atom. The number of unbranched alkanes of at least 4 members (excludes halogenated alkanes) is 1. The number of carbonyl (C=O) groups excluding carboxylic acids is 2. The quantitative estimate of drug-likeness (QED) is 0.336. The molecule has 0 saturated carbocycles. The van der Waals surface area contributed by atoms with Gasteiger partial charge >= 0.3 is 12.2 Å². The summed E-state index contributed by atoms with van der Waals surface area (Å²) < 4.78 is 10.3. The van der Waals surface area contributed by atoms with Crippen LogP contribution in [0.4, 0.5) is 9.59 Å². The van der Waals surface area contributed by atoms with Crippen LogP contribution in [0.5, 0.6) is 0 Å². The van der Waals surface area contributed by atoms with E-state index in [9.17, 15) is 14.7 Å². The molecular formula is C19H32N3O5-. The van der Waals surface area contributed by atoms with Gasteiger partial charge in [-0.2, -0.15) is 0 Å². The van der Waals surface area contributed by atoms with Gasteiger partial charge in [0.25, 0.3) is 0 Å². The van der Waals surface area contributed by atoms with Gasteiger partial charge in [0.2, 0.25) is 0 Å². The average Bonchev–Trinajstić information content (AvgIpc) is 2.47. The van der Waals surface area contributed by atoms with Gasteiger partial charge in [-0.15, -0.1) is 6.42 Å². The number of nitrogens with one attached hydrogen (secondary N) is 3. The van der Waals surface area contributed by atoms with Gasteiger partial charge in [0.1, 0.15) is 11.2 Å². The van der Waals surface area contributed by atoms with Crippen LogP contribution in [0.2, 0.25) is 0 Å². The van der Waals surface area contributed by atoms with Gasteiger partial charge in [0, 0.05) is 12.2 Å². The zero-order chi connectivity index (χ0) is 21.1. The molecule has 0 rings (SSSR count). The molecule has 0 aromatic carbocycles. The number of hydrogen-bond acceptors (Lipinski definition) is 6. The maximum absolute atomic E-state index is 12.1. The van der Waals surface area contributed by atoms with Gasteiger partial charge < -0.3 is 25.2 Å². The summed E-state index contributed by atoms with van der Waals surface area (Å²) in [4.78, 5) is 23.5. The SMILES string of the molecule is C#CCNC([O-])=C(CCCCNC(=O)OC(C)(C)C)NC(=O)OC(C)(C)C. The summed E-state index contributed by atoms with van der Waals surface area (Å²) in [5, 5.41) is 19.8. The molecule has 0 aliphatic heterocycles. The Hall–Kier alpha value is -2.56. The molecule has 0 heterocycles. The van der Waals surface area contributed by atoms with Crippen LogP contribution >= 0.6 is 0 Å². The lowest BCUT2D eigenvalue weighted by Gasteiger charge is -2.24. The fourth-order valence-electron chi connectivity index (χ4n) is 1.83. The van der Waals surface area contributed by atoms with Crippen LogP contribution in [-0.4, -0.2) is 36.5 Å². The topological polar surface area (TPSA) is 112 Å². The number of alkyl carbamates (subject to hydrolysis) is 2. The molecule has 2 amide bonds. The van der Waals surface area contributed by atoms with E-state index >= 15 is 0 Å². The molecule has 0 unspecified atom stereocenters. The summed E-state index contributed by atoms with van der Waals surface area (Å²) in [6, 6.07) is 0. The molecule has 0 saturated heterocycles. The van der Waals surface area contributed by atoms with E-state index in [1.807, 2.05) is 0 Å². The number of amides is 2. The van der Waals surface area contributed by atoms with E-state index in [0.29, 0.717) is 25.8 Å². The Morgan fingerprint density at radius 1 is 0.963 bits per heavy atom. The number of rotatable bonds is 8. The van der Waals surface area contributed by atoms with Crippen LogP contribution in [0.25, 0.3) is 0 Å². The normalized spacial score (nSPS) is 12.3. The van der Waals surface area contributed by atoms with Crippen molar-refractivity contribution in [1.29, 1.82) is 0 Å². The summed E-state index contributed by atoms with van der Waals surface area (Å²) in [7, 11) is 0. The summed E-state index contributed by atoms with van der Waals surface area (Å²) in [5.41, 5.74) is -1.07. The van der Waals surface area contributed by atoms with Crippen molar-refractivity contribution in [3.05, 3.63) is 11.6 Å². The van der Waals surface area contributed by atoms with Gasteiger partial charge in [-0.25, -0.2) is 9.59 Å². The van der Waals surface area contributed by atoms with E-state index in [2.05, 4.69) is 21.9 Å². The van der Waals surface area contributed by atoms with Crippen LogP contribution in [0.15, 0.2) is 11.6 Å². The van der Waals surface area contributed by atoms with Crippen LogP contribution in [0.1, 0.15) is 60.8 Å². The maximum Gasteiger partial charge on any atom is 0.411 e. The van der Waals surface area contributed by atoms with Crippen molar-refractivity contribution < 1.29 is 24.2 Å². The first kappa shape index (κ1) is 24.4. The zero-order valence-electron chi connectivity index (χ0n) is 17.2. The predicted molar refractivity (Wildman–Crippen MR) is 101 cm³/mol. The Kier molecular flexibility index (Phi) is 10.2. The van der Waals surface area contributed by atoms with Crippen molar-refractivity contribution >= 4 is 12.2 Å². The van der Waals surface area contributed by atoms with Crippen molar-refractivity contribution in [2.45, 2.75) is 72.0 Å². The standard InChI is InChI=1S/C19H33N3O5/c1-8-12-20-15(23)14(22-17(25)27-19(5,6)7)11-9-10-13-21-16(24)26-18(2,3)4/h1,20,23H,9-13H2,2-7H3,(H,21,24)(H,22,25)/p-1. The van der Waals surface area contributed by atoms with Crippen LogP contribution in [0.3, 0.4) is 0 Å². The molecule has 0 aliphatic carbocycles. The molecule has 0 bridgehead atoms. The van der Waals surface area contributed by atoms with E-state index in [0.717, 1.165) is 0 Å². The lowest BCUT2D eigenvalue weighted by Crippen LogP contribution is -2.36. The van der Waals surface area contributed by atoms with Crippen LogP contribution in [0, 0.1) is 12.3 Å². The van der Waals surface area contributed by atoms with E-state index < -0.39 is 29.3 Å². The number of terminal acetylenes is 1. The minimum absolute atomic E-state index is 0.0541. The molecule has 154 valence electrons. The molecule has 0 aromatic rings. The first-order valence-electron chi connectivity index (χ1n) is 8.88. The third-order valence-corrected chi connectivity index (χ3v) is 2.80. The first-order valence-corrected chi connectivity index (χ1v) is 8.88. The highest BCUT2D eigenvalue weighted by Gasteiger charge is 2.17. The molecule has 0 aliphatic rings. The fourth-order valence-corrected chi connectivity index (χ4v) is 1.83. The van der Waals surface area contributed by atoms with E-state index in [-0.39, 0.29) is 12.2 Å². The summed E-state index contributed by atoms with van der Waals surface area (Å²) >= 11 is 0. The predicted octanol–water partition coefficient (Wildman–Crippen LogP) is 1.96. The van der Waals surface area contributed by atoms with Gasteiger partial charge in [-0.1, -0.05) is 5.92 Å². The highest BCUT2D eigenvalue weighted by Crippen LogP contribution is 2.11. The monoisotopic (exact) mass is 382 g/mol. The third-order valence-electron chi connectivity index (χ3n) is 2.80. The third kappa shape index (κ3) is 14.3. The molecule has 0 radical (unpaired) electrons.